The molecule has 0 aromatic rings. The van der Waals surface area contributed by atoms with Gasteiger partial charge in [-0.1, -0.05) is 48.6 Å². The van der Waals surface area contributed by atoms with Crippen molar-refractivity contribution in [2.45, 2.75) is 30.3 Å². The first-order chi connectivity index (χ1) is 7.12. The molecule has 0 spiro atoms. The summed E-state index contributed by atoms with van der Waals surface area (Å²) in [6, 6.07) is 0. The van der Waals surface area contributed by atoms with Gasteiger partial charge in [0.1, 0.15) is 0 Å². The molecule has 2 unspecified atom stereocenters. The first kappa shape index (κ1) is 10.4. The van der Waals surface area contributed by atoms with Gasteiger partial charge in [0.25, 0.3) is 0 Å². The van der Waals surface area contributed by atoms with E-state index in [-0.39, 0.29) is 11.1 Å². The van der Waals surface area contributed by atoms with Crippen molar-refractivity contribution in [3.8, 4) is 0 Å². The van der Waals surface area contributed by atoms with Crippen LogP contribution in [0.3, 0.4) is 0 Å². The van der Waals surface area contributed by atoms with Gasteiger partial charge in [-0.3, -0.25) is 0 Å². The standard InChI is InChI=1S/C13H18N2/c14-12(7-3-1-4-8-12)11-13(15)9-5-2-6-10-13/h1-7,9H,8,10-11,14-15H2. The molecule has 2 heteroatoms. The SMILES string of the molecule is NC1(CC2(N)C=CC=CC2)C=CC=CC1. The highest BCUT2D eigenvalue weighted by Crippen LogP contribution is 2.29. The molecule has 2 atom stereocenters. The number of rotatable bonds is 2. The van der Waals surface area contributed by atoms with E-state index in [0.29, 0.717) is 0 Å². The fourth-order valence-corrected chi connectivity index (χ4v) is 2.24. The van der Waals surface area contributed by atoms with E-state index in [1.807, 2.05) is 24.3 Å². The maximum atomic E-state index is 6.30. The van der Waals surface area contributed by atoms with Crippen LogP contribution in [0.5, 0.6) is 0 Å². The minimum Gasteiger partial charge on any atom is -0.322 e. The highest BCUT2D eigenvalue weighted by atomic mass is 14.8. The third-order valence-electron chi connectivity index (χ3n) is 3.00. The molecule has 0 saturated carbocycles. The number of hydrogen-bond acceptors (Lipinski definition) is 2. The molecule has 0 aliphatic heterocycles. The van der Waals surface area contributed by atoms with Crippen LogP contribution in [0, 0.1) is 0 Å². The average Bonchev–Trinajstić information content (AvgIpc) is 2.18. The van der Waals surface area contributed by atoms with E-state index in [9.17, 15) is 0 Å². The second-order valence-corrected chi connectivity index (χ2v) is 4.63. The lowest BCUT2D eigenvalue weighted by Gasteiger charge is -2.36. The molecule has 2 rings (SSSR count). The quantitative estimate of drug-likeness (QED) is 0.717. The van der Waals surface area contributed by atoms with E-state index in [1.54, 1.807) is 0 Å². The number of nitrogens with two attached hydrogens (primary N) is 2. The fourth-order valence-electron chi connectivity index (χ4n) is 2.24. The van der Waals surface area contributed by atoms with Crippen molar-refractivity contribution < 1.29 is 0 Å². The predicted molar refractivity (Wildman–Crippen MR) is 64.2 cm³/mol. The molecule has 0 fully saturated rings. The Morgan fingerprint density at radius 1 is 0.800 bits per heavy atom. The number of allylic oxidation sites excluding steroid dienone is 4. The molecule has 0 aromatic carbocycles. The Balaban J connectivity index is 2.08. The first-order valence-electron chi connectivity index (χ1n) is 5.39. The molecule has 2 aliphatic rings. The molecule has 15 heavy (non-hydrogen) atoms. The Hall–Kier alpha value is -1.12. The molecule has 0 saturated heterocycles. The highest BCUT2D eigenvalue weighted by molar-refractivity contribution is 5.26. The molecule has 80 valence electrons. The lowest BCUT2D eigenvalue weighted by molar-refractivity contribution is 0.369. The van der Waals surface area contributed by atoms with E-state index in [4.69, 9.17) is 11.5 Å². The molecule has 2 aliphatic carbocycles. The van der Waals surface area contributed by atoms with Gasteiger partial charge in [-0.25, -0.2) is 0 Å². The highest BCUT2D eigenvalue weighted by Gasteiger charge is 2.32. The topological polar surface area (TPSA) is 52.0 Å². The summed E-state index contributed by atoms with van der Waals surface area (Å²) in [4.78, 5) is 0. The fraction of sp³-hybridized carbons (Fsp3) is 0.385. The van der Waals surface area contributed by atoms with Gasteiger partial charge in [0, 0.05) is 11.1 Å². The van der Waals surface area contributed by atoms with Crippen molar-refractivity contribution >= 4 is 0 Å². The summed E-state index contributed by atoms with van der Waals surface area (Å²) in [5.41, 5.74) is 12.0. The first-order valence-corrected chi connectivity index (χ1v) is 5.39. The van der Waals surface area contributed by atoms with Gasteiger partial charge in [0.2, 0.25) is 0 Å². The Kier molecular flexibility index (Phi) is 2.63. The zero-order valence-electron chi connectivity index (χ0n) is 8.89. The lowest BCUT2D eigenvalue weighted by atomic mass is 9.76. The Morgan fingerprint density at radius 2 is 1.27 bits per heavy atom. The van der Waals surface area contributed by atoms with Crippen molar-refractivity contribution in [3.63, 3.8) is 0 Å². The summed E-state index contributed by atoms with van der Waals surface area (Å²) in [6.07, 6.45) is 19.0. The molecule has 0 amide bonds. The van der Waals surface area contributed by atoms with Crippen LogP contribution in [-0.4, -0.2) is 11.1 Å². The summed E-state index contributed by atoms with van der Waals surface area (Å²) < 4.78 is 0. The number of hydrogen-bond donors (Lipinski definition) is 2. The maximum absolute atomic E-state index is 6.30. The summed E-state index contributed by atoms with van der Waals surface area (Å²) in [5, 5.41) is 0. The molecule has 4 N–H and O–H groups in total. The normalized spacial score (nSPS) is 38.5. The minimum absolute atomic E-state index is 0.279. The van der Waals surface area contributed by atoms with E-state index < -0.39 is 0 Å². The maximum Gasteiger partial charge on any atom is 0.0398 e. The van der Waals surface area contributed by atoms with Crippen molar-refractivity contribution in [2.75, 3.05) is 0 Å². The Morgan fingerprint density at radius 3 is 1.60 bits per heavy atom. The van der Waals surface area contributed by atoms with E-state index in [0.717, 1.165) is 19.3 Å². The molecular weight excluding hydrogens is 184 g/mol. The van der Waals surface area contributed by atoms with Gasteiger partial charge >= 0.3 is 0 Å². The second-order valence-electron chi connectivity index (χ2n) is 4.63. The summed E-state index contributed by atoms with van der Waals surface area (Å²) in [7, 11) is 0. The Bertz CT molecular complexity index is 318. The van der Waals surface area contributed by atoms with Crippen LogP contribution in [0.15, 0.2) is 48.6 Å². The van der Waals surface area contributed by atoms with E-state index in [2.05, 4.69) is 24.3 Å². The molecule has 0 heterocycles. The van der Waals surface area contributed by atoms with Gasteiger partial charge in [-0.05, 0) is 19.3 Å². The van der Waals surface area contributed by atoms with E-state index >= 15 is 0 Å². The van der Waals surface area contributed by atoms with Crippen LogP contribution in [0.1, 0.15) is 19.3 Å². The molecule has 0 aromatic heterocycles. The van der Waals surface area contributed by atoms with Gasteiger partial charge in [-0.15, -0.1) is 0 Å². The molecule has 2 nitrogen and oxygen atoms in total. The van der Waals surface area contributed by atoms with Gasteiger partial charge in [0.05, 0.1) is 0 Å². The van der Waals surface area contributed by atoms with Crippen molar-refractivity contribution in [3.05, 3.63) is 48.6 Å². The van der Waals surface area contributed by atoms with Crippen molar-refractivity contribution in [1.29, 1.82) is 0 Å². The predicted octanol–water partition coefficient (Wildman–Crippen LogP) is 1.80. The summed E-state index contributed by atoms with van der Waals surface area (Å²) >= 11 is 0. The average molecular weight is 202 g/mol. The zero-order valence-corrected chi connectivity index (χ0v) is 8.89. The van der Waals surface area contributed by atoms with Crippen LogP contribution in [-0.2, 0) is 0 Å². The third-order valence-corrected chi connectivity index (χ3v) is 3.00. The van der Waals surface area contributed by atoms with Crippen molar-refractivity contribution in [1.82, 2.24) is 0 Å². The third kappa shape index (κ3) is 2.46. The Labute approximate surface area is 91.0 Å². The van der Waals surface area contributed by atoms with Crippen LogP contribution in [0.2, 0.25) is 0 Å². The second kappa shape index (κ2) is 3.80. The van der Waals surface area contributed by atoms with Gasteiger partial charge in [0.15, 0.2) is 0 Å². The molecule has 0 radical (unpaired) electrons. The largest absolute Gasteiger partial charge is 0.322 e. The summed E-state index contributed by atoms with van der Waals surface area (Å²) in [5.74, 6) is 0. The van der Waals surface area contributed by atoms with Crippen LogP contribution >= 0.6 is 0 Å². The van der Waals surface area contributed by atoms with Gasteiger partial charge < -0.3 is 11.5 Å². The van der Waals surface area contributed by atoms with Crippen LogP contribution in [0.4, 0.5) is 0 Å². The lowest BCUT2D eigenvalue weighted by Crippen LogP contribution is -2.50. The van der Waals surface area contributed by atoms with Gasteiger partial charge in [-0.2, -0.15) is 0 Å². The smallest absolute Gasteiger partial charge is 0.0398 e. The summed E-state index contributed by atoms with van der Waals surface area (Å²) in [6.45, 7) is 0. The molecular formula is C13H18N2. The van der Waals surface area contributed by atoms with Crippen LogP contribution in [0.25, 0.3) is 0 Å². The van der Waals surface area contributed by atoms with Crippen molar-refractivity contribution in [2.24, 2.45) is 11.5 Å². The minimum atomic E-state index is -0.279. The van der Waals surface area contributed by atoms with E-state index in [1.165, 1.54) is 0 Å². The zero-order chi connectivity index (χ0) is 10.8. The van der Waals surface area contributed by atoms with Crippen LogP contribution < -0.4 is 11.5 Å². The monoisotopic (exact) mass is 202 g/mol. The molecule has 0 bridgehead atoms.